The van der Waals surface area contributed by atoms with Gasteiger partial charge in [0.25, 0.3) is 21.5 Å². The monoisotopic (exact) mass is 502 g/mol. The summed E-state index contributed by atoms with van der Waals surface area (Å²) in [5, 5.41) is 13.7. The molecule has 2 heterocycles. The fourth-order valence-electron chi connectivity index (χ4n) is 3.80. The van der Waals surface area contributed by atoms with Gasteiger partial charge in [-0.25, -0.2) is 4.39 Å². The molecule has 0 aliphatic carbocycles. The summed E-state index contributed by atoms with van der Waals surface area (Å²) in [6.07, 6.45) is 0.609. The van der Waals surface area contributed by atoms with Gasteiger partial charge >= 0.3 is 0 Å². The highest BCUT2D eigenvalue weighted by atomic mass is 32.2. The molecular formula is C23H23FN4O6S. The number of carbonyl (C=O) groups excluding carboxylic acids is 1. The molecule has 3 aromatic rings. The van der Waals surface area contributed by atoms with Crippen molar-refractivity contribution in [1.82, 2.24) is 4.57 Å². The zero-order chi connectivity index (χ0) is 25.5. The number of amides is 1. The van der Waals surface area contributed by atoms with Crippen LogP contribution in [0, 0.1) is 11.7 Å². The number of pyridine rings is 1. The average Bonchev–Trinajstić information content (AvgIpc) is 2.77. The first-order valence-electron chi connectivity index (χ1n) is 10.7. The van der Waals surface area contributed by atoms with E-state index in [1.54, 1.807) is 0 Å². The molecule has 0 radical (unpaired) electrons. The van der Waals surface area contributed by atoms with Crippen molar-refractivity contribution in [2.24, 2.45) is 16.0 Å². The molecule has 4 N–H and O–H groups in total. The minimum atomic E-state index is -4.44. The van der Waals surface area contributed by atoms with Crippen LogP contribution in [0.3, 0.4) is 0 Å². The average molecular weight is 503 g/mol. The molecule has 2 aromatic carbocycles. The van der Waals surface area contributed by atoms with E-state index in [9.17, 15) is 27.5 Å². The quantitative estimate of drug-likeness (QED) is 0.448. The SMILES string of the molecule is CC(C)CCn1c(=O)c(C2=NS(=O)(=O)c3c(cccc3OCC(N)=O)N2)c(O)c2cc(F)ccc21. The Kier molecular flexibility index (Phi) is 6.24. The molecule has 1 aromatic heterocycles. The molecule has 10 nitrogen and oxygen atoms in total. The van der Waals surface area contributed by atoms with Crippen LogP contribution in [-0.4, -0.2) is 36.4 Å². The van der Waals surface area contributed by atoms with Gasteiger partial charge in [-0.05, 0) is 42.7 Å². The van der Waals surface area contributed by atoms with Gasteiger partial charge in [0.15, 0.2) is 17.3 Å². The number of halogens is 1. The maximum absolute atomic E-state index is 14.0. The summed E-state index contributed by atoms with van der Waals surface area (Å²) in [5.41, 5.74) is 4.30. The number of primary amides is 1. The third kappa shape index (κ3) is 4.56. The number of hydrogen-bond acceptors (Lipinski definition) is 7. The van der Waals surface area contributed by atoms with E-state index in [-0.39, 0.29) is 34.2 Å². The number of aromatic hydroxyl groups is 1. The number of nitrogens with one attached hydrogen (secondary N) is 1. The molecule has 4 rings (SSSR count). The first-order chi connectivity index (χ1) is 16.5. The normalized spacial score (nSPS) is 14.3. The van der Waals surface area contributed by atoms with Crippen LogP contribution in [0.4, 0.5) is 10.1 Å². The number of nitrogens with two attached hydrogens (primary N) is 1. The Hall–Kier alpha value is -3.93. The van der Waals surface area contributed by atoms with Crippen LogP contribution in [0.5, 0.6) is 11.5 Å². The van der Waals surface area contributed by atoms with Gasteiger partial charge in [-0.3, -0.25) is 9.59 Å². The Bertz CT molecular complexity index is 1550. The van der Waals surface area contributed by atoms with Crippen molar-refractivity contribution in [2.75, 3.05) is 11.9 Å². The highest BCUT2D eigenvalue weighted by Crippen LogP contribution is 2.37. The molecular weight excluding hydrogens is 479 g/mol. The van der Waals surface area contributed by atoms with Crippen molar-refractivity contribution in [3.63, 3.8) is 0 Å². The number of rotatable bonds is 7. The molecule has 0 atom stereocenters. The largest absolute Gasteiger partial charge is 0.506 e. The molecule has 0 bridgehead atoms. The predicted molar refractivity (Wildman–Crippen MR) is 128 cm³/mol. The van der Waals surface area contributed by atoms with Crippen LogP contribution in [-0.2, 0) is 21.4 Å². The van der Waals surface area contributed by atoms with E-state index < -0.39 is 51.1 Å². The lowest BCUT2D eigenvalue weighted by Gasteiger charge is -2.22. The summed E-state index contributed by atoms with van der Waals surface area (Å²) >= 11 is 0. The molecule has 1 aliphatic rings. The van der Waals surface area contributed by atoms with Crippen LogP contribution >= 0.6 is 0 Å². The topological polar surface area (TPSA) is 153 Å². The zero-order valence-electron chi connectivity index (χ0n) is 18.9. The number of aryl methyl sites for hydroxylation is 1. The molecule has 0 saturated heterocycles. The van der Waals surface area contributed by atoms with Crippen molar-refractivity contribution in [1.29, 1.82) is 0 Å². The predicted octanol–water partition coefficient (Wildman–Crippen LogP) is 2.32. The fourth-order valence-corrected chi connectivity index (χ4v) is 5.05. The second kappa shape index (κ2) is 9.02. The van der Waals surface area contributed by atoms with E-state index in [1.807, 2.05) is 13.8 Å². The van der Waals surface area contributed by atoms with Crippen molar-refractivity contribution in [3.8, 4) is 11.5 Å². The molecule has 1 amide bonds. The number of fused-ring (bicyclic) bond motifs is 2. The Morgan fingerprint density at radius 1 is 1.29 bits per heavy atom. The molecule has 0 saturated carbocycles. The number of benzene rings is 2. The first kappa shape index (κ1) is 24.2. The van der Waals surface area contributed by atoms with Crippen molar-refractivity contribution in [3.05, 3.63) is 58.1 Å². The summed E-state index contributed by atoms with van der Waals surface area (Å²) in [6.45, 7) is 3.65. The third-order valence-electron chi connectivity index (χ3n) is 5.44. The van der Waals surface area contributed by atoms with Crippen LogP contribution in [0.15, 0.2) is 50.5 Å². The highest BCUT2D eigenvalue weighted by molar-refractivity contribution is 7.90. The Morgan fingerprint density at radius 2 is 2.03 bits per heavy atom. The van der Waals surface area contributed by atoms with Gasteiger partial charge in [-0.15, -0.1) is 4.40 Å². The molecule has 0 unspecified atom stereocenters. The molecule has 1 aliphatic heterocycles. The van der Waals surface area contributed by atoms with Gasteiger partial charge < -0.3 is 25.5 Å². The van der Waals surface area contributed by atoms with E-state index in [2.05, 4.69) is 9.71 Å². The van der Waals surface area contributed by atoms with Gasteiger partial charge in [0.2, 0.25) is 0 Å². The van der Waals surface area contributed by atoms with Crippen LogP contribution < -0.4 is 21.3 Å². The smallest absolute Gasteiger partial charge is 0.290 e. The van der Waals surface area contributed by atoms with Crippen molar-refractivity contribution < 1.29 is 27.4 Å². The number of anilines is 1. The van der Waals surface area contributed by atoms with Crippen LogP contribution in [0.1, 0.15) is 25.8 Å². The van der Waals surface area contributed by atoms with Crippen LogP contribution in [0.2, 0.25) is 0 Å². The van der Waals surface area contributed by atoms with Crippen LogP contribution in [0.25, 0.3) is 10.9 Å². The summed E-state index contributed by atoms with van der Waals surface area (Å²) < 4.78 is 50.5. The number of hydrogen-bond donors (Lipinski definition) is 3. The number of sulfonamides is 1. The van der Waals surface area contributed by atoms with E-state index in [0.717, 1.165) is 6.07 Å². The minimum absolute atomic E-state index is 0.0174. The van der Waals surface area contributed by atoms with Gasteiger partial charge in [0.1, 0.15) is 22.9 Å². The number of aromatic nitrogens is 1. The van der Waals surface area contributed by atoms with Gasteiger partial charge in [-0.2, -0.15) is 8.42 Å². The lowest BCUT2D eigenvalue weighted by atomic mass is 10.1. The number of amidine groups is 1. The molecule has 184 valence electrons. The summed E-state index contributed by atoms with van der Waals surface area (Å²) in [4.78, 5) is 24.2. The van der Waals surface area contributed by atoms with Gasteiger partial charge in [0, 0.05) is 11.9 Å². The Morgan fingerprint density at radius 3 is 2.71 bits per heavy atom. The van der Waals surface area contributed by atoms with E-state index in [4.69, 9.17) is 10.5 Å². The molecule has 12 heteroatoms. The Labute approximate surface area is 199 Å². The number of carbonyl (C=O) groups is 1. The first-order valence-corrected chi connectivity index (χ1v) is 12.1. The highest BCUT2D eigenvalue weighted by Gasteiger charge is 2.33. The number of ether oxygens (including phenoxy) is 1. The third-order valence-corrected chi connectivity index (χ3v) is 6.80. The summed E-state index contributed by atoms with van der Waals surface area (Å²) in [6, 6.07) is 7.85. The van der Waals surface area contributed by atoms with E-state index in [1.165, 1.54) is 34.9 Å². The maximum Gasteiger partial charge on any atom is 0.290 e. The lowest BCUT2D eigenvalue weighted by Crippen LogP contribution is -2.33. The fraction of sp³-hybridized carbons (Fsp3) is 0.261. The van der Waals surface area contributed by atoms with Gasteiger partial charge in [0.05, 0.1) is 11.2 Å². The lowest BCUT2D eigenvalue weighted by molar-refractivity contribution is -0.120. The molecule has 0 fully saturated rings. The summed E-state index contributed by atoms with van der Waals surface area (Å²) in [7, 11) is -4.44. The molecule has 0 spiro atoms. The standard InChI is InChI=1S/C23H23FN4O6S/c1-12(2)8-9-28-16-7-6-13(24)10-14(16)20(30)19(23(28)31)22-26-15-4-3-5-17(34-11-18(25)29)21(15)35(32,33)27-22/h3-7,10,12,30H,8-9,11H2,1-2H3,(H2,25,29)(H,26,27). The van der Waals surface area contributed by atoms with Crippen molar-refractivity contribution in [2.45, 2.75) is 31.7 Å². The zero-order valence-corrected chi connectivity index (χ0v) is 19.7. The Balaban J connectivity index is 1.92. The van der Waals surface area contributed by atoms with Gasteiger partial charge in [-0.1, -0.05) is 19.9 Å². The second-order valence-electron chi connectivity index (χ2n) is 8.45. The maximum atomic E-state index is 14.0. The summed E-state index contributed by atoms with van der Waals surface area (Å²) in [5.74, 6) is -2.38. The number of nitrogens with zero attached hydrogens (tertiary/aromatic N) is 2. The minimum Gasteiger partial charge on any atom is -0.506 e. The van der Waals surface area contributed by atoms with E-state index in [0.29, 0.717) is 11.9 Å². The second-order valence-corrected chi connectivity index (χ2v) is 9.99. The van der Waals surface area contributed by atoms with Crippen molar-refractivity contribution >= 4 is 38.4 Å². The van der Waals surface area contributed by atoms with E-state index >= 15 is 0 Å². The molecule has 35 heavy (non-hydrogen) atoms.